The molecule has 0 saturated heterocycles. The van der Waals surface area contributed by atoms with Gasteiger partial charge in [-0.05, 0) is 12.1 Å². The molecule has 0 aliphatic heterocycles. The van der Waals surface area contributed by atoms with Crippen molar-refractivity contribution in [2.24, 2.45) is 0 Å². The highest BCUT2D eigenvalue weighted by molar-refractivity contribution is 5.76. The number of carbonyl (C=O) groups excluding carboxylic acids is 1. The lowest BCUT2D eigenvalue weighted by atomic mass is 10.1. The van der Waals surface area contributed by atoms with Crippen molar-refractivity contribution < 1.29 is 13.9 Å². The predicted octanol–water partition coefficient (Wildman–Crippen LogP) is 1.92. The first-order valence-electron chi connectivity index (χ1n) is 4.62. The van der Waals surface area contributed by atoms with Crippen molar-refractivity contribution in [1.29, 1.82) is 0 Å². The largest absolute Gasteiger partial charge is 0.496 e. The summed E-state index contributed by atoms with van der Waals surface area (Å²) in [6, 6.07) is 5.27. The van der Waals surface area contributed by atoms with E-state index in [1.165, 1.54) is 6.39 Å². The fourth-order valence-electron chi connectivity index (χ4n) is 1.40. The Hall–Kier alpha value is -2.30. The summed E-state index contributed by atoms with van der Waals surface area (Å²) < 4.78 is 10.4. The van der Waals surface area contributed by atoms with Crippen LogP contribution in [-0.4, -0.2) is 18.5 Å². The Morgan fingerprint density at radius 2 is 2.38 bits per heavy atom. The number of amides is 1. The standard InChI is InChI=1S/C11H10N2O3/c1-15-10-4-8(13-6-14)2-3-9(10)11-5-12-7-16-11/h2-7H,1H3,(H,13,14). The molecule has 0 spiro atoms. The first-order chi connectivity index (χ1) is 7.85. The second-order valence-electron chi connectivity index (χ2n) is 3.04. The Bertz CT molecular complexity index is 480. The van der Waals surface area contributed by atoms with Gasteiger partial charge in [-0.2, -0.15) is 0 Å². The molecular formula is C11H10N2O3. The van der Waals surface area contributed by atoms with Gasteiger partial charge >= 0.3 is 0 Å². The lowest BCUT2D eigenvalue weighted by molar-refractivity contribution is -0.105. The number of hydrogen-bond donors (Lipinski definition) is 1. The topological polar surface area (TPSA) is 64.4 Å². The van der Waals surface area contributed by atoms with E-state index in [0.29, 0.717) is 23.6 Å². The van der Waals surface area contributed by atoms with Crippen LogP contribution in [0, 0.1) is 0 Å². The average Bonchev–Trinajstić information content (AvgIpc) is 2.83. The summed E-state index contributed by atoms with van der Waals surface area (Å²) in [5.41, 5.74) is 1.45. The van der Waals surface area contributed by atoms with E-state index in [2.05, 4.69) is 10.3 Å². The molecule has 1 aromatic carbocycles. The lowest BCUT2D eigenvalue weighted by Crippen LogP contribution is -1.95. The second kappa shape index (κ2) is 4.48. The highest BCUT2D eigenvalue weighted by Crippen LogP contribution is 2.31. The number of anilines is 1. The Morgan fingerprint density at radius 3 is 3.00 bits per heavy atom. The molecule has 16 heavy (non-hydrogen) atoms. The van der Waals surface area contributed by atoms with Crippen LogP contribution in [0.2, 0.25) is 0 Å². The fourth-order valence-corrected chi connectivity index (χ4v) is 1.40. The smallest absolute Gasteiger partial charge is 0.211 e. The van der Waals surface area contributed by atoms with Gasteiger partial charge in [0, 0.05) is 11.8 Å². The van der Waals surface area contributed by atoms with Crippen molar-refractivity contribution in [2.45, 2.75) is 0 Å². The molecule has 5 nitrogen and oxygen atoms in total. The van der Waals surface area contributed by atoms with Crippen molar-refractivity contribution >= 4 is 12.1 Å². The highest BCUT2D eigenvalue weighted by atomic mass is 16.5. The molecule has 1 N–H and O–H groups in total. The summed E-state index contributed by atoms with van der Waals surface area (Å²) in [7, 11) is 1.56. The average molecular weight is 218 g/mol. The maximum Gasteiger partial charge on any atom is 0.211 e. The Morgan fingerprint density at radius 1 is 1.50 bits per heavy atom. The minimum Gasteiger partial charge on any atom is -0.496 e. The molecule has 0 aliphatic rings. The number of nitrogens with zero attached hydrogens (tertiary/aromatic N) is 1. The van der Waals surface area contributed by atoms with Crippen LogP contribution in [0.4, 0.5) is 5.69 Å². The van der Waals surface area contributed by atoms with E-state index in [4.69, 9.17) is 9.15 Å². The molecule has 1 aromatic heterocycles. The molecule has 82 valence electrons. The van der Waals surface area contributed by atoms with Crippen LogP contribution in [-0.2, 0) is 4.79 Å². The Labute approximate surface area is 92.1 Å². The van der Waals surface area contributed by atoms with Crippen molar-refractivity contribution in [3.63, 3.8) is 0 Å². The van der Waals surface area contributed by atoms with Crippen LogP contribution >= 0.6 is 0 Å². The first kappa shape index (κ1) is 10.2. The number of ether oxygens (including phenoxy) is 1. The third kappa shape index (κ3) is 1.88. The molecule has 0 bridgehead atoms. The number of oxazole rings is 1. The zero-order valence-corrected chi connectivity index (χ0v) is 8.64. The molecule has 1 amide bonds. The lowest BCUT2D eigenvalue weighted by Gasteiger charge is -2.07. The van der Waals surface area contributed by atoms with E-state index < -0.39 is 0 Å². The fraction of sp³-hybridized carbons (Fsp3) is 0.0909. The van der Waals surface area contributed by atoms with E-state index in [0.717, 1.165) is 5.56 Å². The van der Waals surface area contributed by atoms with Crippen molar-refractivity contribution in [2.75, 3.05) is 12.4 Å². The van der Waals surface area contributed by atoms with Gasteiger partial charge in [0.2, 0.25) is 6.41 Å². The molecule has 2 aromatic rings. The van der Waals surface area contributed by atoms with Crippen LogP contribution in [0.1, 0.15) is 0 Å². The normalized spacial score (nSPS) is 9.81. The maximum atomic E-state index is 10.3. The summed E-state index contributed by atoms with van der Waals surface area (Å²) in [5, 5.41) is 2.55. The molecule has 1 heterocycles. The van der Waals surface area contributed by atoms with E-state index >= 15 is 0 Å². The third-order valence-electron chi connectivity index (χ3n) is 2.12. The van der Waals surface area contributed by atoms with Gasteiger partial charge in [-0.25, -0.2) is 4.98 Å². The van der Waals surface area contributed by atoms with Gasteiger partial charge in [0.05, 0.1) is 18.9 Å². The number of benzene rings is 1. The minimum atomic E-state index is 0.614. The van der Waals surface area contributed by atoms with Crippen LogP contribution in [0.3, 0.4) is 0 Å². The van der Waals surface area contributed by atoms with E-state index in [9.17, 15) is 4.79 Å². The van der Waals surface area contributed by atoms with Crippen LogP contribution in [0.5, 0.6) is 5.75 Å². The molecule has 0 saturated carbocycles. The quantitative estimate of drug-likeness (QED) is 0.796. The van der Waals surface area contributed by atoms with Gasteiger partial charge in [-0.1, -0.05) is 0 Å². The molecule has 0 radical (unpaired) electrons. The van der Waals surface area contributed by atoms with Crippen molar-refractivity contribution in [3.8, 4) is 17.1 Å². The van der Waals surface area contributed by atoms with Gasteiger partial charge < -0.3 is 14.5 Å². The molecule has 5 heteroatoms. The van der Waals surface area contributed by atoms with Gasteiger partial charge in [-0.15, -0.1) is 0 Å². The monoisotopic (exact) mass is 218 g/mol. The molecule has 0 aliphatic carbocycles. The Balaban J connectivity index is 2.43. The number of rotatable bonds is 4. The van der Waals surface area contributed by atoms with Gasteiger partial charge in [-0.3, -0.25) is 4.79 Å². The molecular weight excluding hydrogens is 208 g/mol. The Kier molecular flexibility index (Phi) is 2.86. The van der Waals surface area contributed by atoms with Crippen LogP contribution in [0.15, 0.2) is 35.2 Å². The number of hydrogen-bond acceptors (Lipinski definition) is 4. The van der Waals surface area contributed by atoms with Crippen LogP contribution < -0.4 is 10.1 Å². The van der Waals surface area contributed by atoms with Crippen LogP contribution in [0.25, 0.3) is 11.3 Å². The summed E-state index contributed by atoms with van der Waals surface area (Å²) in [6.45, 7) is 0. The van der Waals surface area contributed by atoms with E-state index in [1.54, 1.807) is 31.5 Å². The molecule has 0 fully saturated rings. The van der Waals surface area contributed by atoms with E-state index in [1.807, 2.05) is 0 Å². The predicted molar refractivity (Wildman–Crippen MR) is 58.2 cm³/mol. The van der Waals surface area contributed by atoms with Gasteiger partial charge in [0.25, 0.3) is 0 Å². The summed E-state index contributed by atoms with van der Waals surface area (Å²) in [5.74, 6) is 1.23. The summed E-state index contributed by atoms with van der Waals surface area (Å²) >= 11 is 0. The summed E-state index contributed by atoms with van der Waals surface area (Å²) in [6.07, 6.45) is 3.57. The third-order valence-corrected chi connectivity index (χ3v) is 2.12. The minimum absolute atomic E-state index is 0.614. The number of aromatic nitrogens is 1. The maximum absolute atomic E-state index is 10.3. The zero-order chi connectivity index (χ0) is 11.4. The zero-order valence-electron chi connectivity index (χ0n) is 8.64. The van der Waals surface area contributed by atoms with Gasteiger partial charge in [0.15, 0.2) is 12.2 Å². The molecule has 0 unspecified atom stereocenters. The highest BCUT2D eigenvalue weighted by Gasteiger charge is 2.09. The summed E-state index contributed by atoms with van der Waals surface area (Å²) in [4.78, 5) is 14.1. The van der Waals surface area contributed by atoms with E-state index in [-0.39, 0.29) is 0 Å². The first-order valence-corrected chi connectivity index (χ1v) is 4.62. The van der Waals surface area contributed by atoms with Gasteiger partial charge in [0.1, 0.15) is 5.75 Å². The molecule has 2 rings (SSSR count). The van der Waals surface area contributed by atoms with Crippen molar-refractivity contribution in [3.05, 3.63) is 30.8 Å². The van der Waals surface area contributed by atoms with Crippen molar-refractivity contribution in [1.82, 2.24) is 4.98 Å². The number of carbonyl (C=O) groups is 1. The molecule has 0 atom stereocenters. The SMILES string of the molecule is COc1cc(NC=O)ccc1-c1cnco1. The second-order valence-corrected chi connectivity index (χ2v) is 3.04. The number of methoxy groups -OCH3 is 1. The number of nitrogens with one attached hydrogen (secondary N) is 1.